The molecule has 10 nitrogen and oxygen atoms in total. The van der Waals surface area contributed by atoms with Gasteiger partial charge in [-0.15, -0.1) is 0 Å². The van der Waals surface area contributed by atoms with E-state index in [0.29, 0.717) is 60.9 Å². The van der Waals surface area contributed by atoms with Crippen molar-refractivity contribution in [1.82, 2.24) is 19.3 Å². The van der Waals surface area contributed by atoms with E-state index < -0.39 is 0 Å². The maximum atomic E-state index is 12.8. The van der Waals surface area contributed by atoms with E-state index in [9.17, 15) is 4.79 Å². The minimum Gasteiger partial charge on any atom is -0.496 e. The van der Waals surface area contributed by atoms with Crippen molar-refractivity contribution in [2.45, 2.75) is 44.6 Å². The van der Waals surface area contributed by atoms with Crippen molar-refractivity contribution in [2.75, 3.05) is 57.7 Å². The highest BCUT2D eigenvalue weighted by Crippen LogP contribution is 2.49. The lowest BCUT2D eigenvalue weighted by Crippen LogP contribution is -2.47. The quantitative estimate of drug-likeness (QED) is 0.150. The number of hydrogen-bond acceptors (Lipinski definition) is 8. The normalized spacial score (nSPS) is 17.4. The number of nitrogens with one attached hydrogen (secondary N) is 1. The fourth-order valence-electron chi connectivity index (χ4n) is 8.15. The molecule has 1 spiro atoms. The molecule has 5 aromatic rings. The van der Waals surface area contributed by atoms with Crippen LogP contribution in [0, 0.1) is 5.41 Å². The summed E-state index contributed by atoms with van der Waals surface area (Å²) in [5.41, 5.74) is 6.21. The molecule has 2 aromatic carbocycles. The second kappa shape index (κ2) is 13.8. The van der Waals surface area contributed by atoms with Crippen LogP contribution in [-0.4, -0.2) is 78.7 Å². The monoisotopic (exact) mass is 740 g/mol. The number of hydrogen-bond donors (Lipinski definition) is 1. The highest BCUT2D eigenvalue weighted by molar-refractivity contribution is 6.41. The van der Waals surface area contributed by atoms with Crippen LogP contribution in [0.5, 0.6) is 17.2 Å². The van der Waals surface area contributed by atoms with E-state index in [1.54, 1.807) is 39.8 Å². The number of pyridine rings is 2. The number of ether oxygens (including phenoxy) is 3. The number of benzene rings is 2. The van der Waals surface area contributed by atoms with Crippen molar-refractivity contribution in [1.29, 1.82) is 0 Å². The molecule has 0 radical (unpaired) electrons. The third kappa shape index (κ3) is 6.10. The molecule has 0 bridgehead atoms. The molecular weight excluding hydrogens is 699 g/mol. The molecule has 2 saturated heterocycles. The van der Waals surface area contributed by atoms with Gasteiger partial charge in [-0.05, 0) is 81.3 Å². The molecule has 12 heteroatoms. The number of aromatic nitrogens is 3. The largest absolute Gasteiger partial charge is 0.496 e. The molecular formula is C40H42Cl2N6O4. The maximum absolute atomic E-state index is 12.8. The second-order valence-corrected chi connectivity index (χ2v) is 14.9. The first-order valence-electron chi connectivity index (χ1n) is 17.8. The maximum Gasteiger partial charge on any atom is 0.247 e. The molecule has 1 N–H and O–H groups in total. The summed E-state index contributed by atoms with van der Waals surface area (Å²) in [7, 11) is 4.76. The van der Waals surface area contributed by atoms with Crippen molar-refractivity contribution in [3.8, 4) is 39.6 Å². The first kappa shape index (κ1) is 34.6. The summed E-state index contributed by atoms with van der Waals surface area (Å²) in [6.07, 6.45) is 14.3. The van der Waals surface area contributed by atoms with Crippen LogP contribution < -0.4 is 24.4 Å². The summed E-state index contributed by atoms with van der Waals surface area (Å²) in [4.78, 5) is 27.5. The highest BCUT2D eigenvalue weighted by atomic mass is 35.5. The Hall–Kier alpha value is -4.51. The Morgan fingerprint density at radius 3 is 2.19 bits per heavy atom. The molecule has 3 fully saturated rings. The van der Waals surface area contributed by atoms with Gasteiger partial charge in [-0.3, -0.25) is 14.2 Å². The van der Waals surface area contributed by atoms with E-state index in [0.717, 1.165) is 54.1 Å². The van der Waals surface area contributed by atoms with Gasteiger partial charge in [0.15, 0.2) is 0 Å². The van der Waals surface area contributed by atoms with Gasteiger partial charge in [-0.1, -0.05) is 29.8 Å². The van der Waals surface area contributed by atoms with Crippen LogP contribution in [0.15, 0.2) is 61.6 Å². The number of likely N-dealkylation sites (tertiary alicyclic amines) is 1. The van der Waals surface area contributed by atoms with Crippen LogP contribution in [-0.2, 0) is 4.79 Å². The van der Waals surface area contributed by atoms with Gasteiger partial charge < -0.3 is 29.3 Å². The standard InChI is InChI=1S/C40H42Cl2N6O4/c1-5-35(49)45-29-19-26(32(50-2)21-31(29)47-15-10-40(11-16-47)8-13-46(14-9-40)25-6-7-25)28-20-30-24(23-44-28)18-27(39-43-12-17-48(30)39)36-37(41)33(51-3)22-34(52-4)38(36)42/h5,12,17-23,25H,1,6-11,13-16H2,2-4H3,(H,45,49). The predicted molar refractivity (Wildman–Crippen MR) is 208 cm³/mol. The molecule has 0 atom stereocenters. The second-order valence-electron chi connectivity index (χ2n) is 14.1. The smallest absolute Gasteiger partial charge is 0.247 e. The zero-order valence-electron chi connectivity index (χ0n) is 29.7. The first-order valence-corrected chi connectivity index (χ1v) is 18.5. The number of methoxy groups -OCH3 is 3. The van der Waals surface area contributed by atoms with Gasteiger partial charge in [0.1, 0.15) is 22.9 Å². The molecule has 0 unspecified atom stereocenters. The molecule has 5 heterocycles. The molecule has 1 saturated carbocycles. The molecule has 52 heavy (non-hydrogen) atoms. The topological polar surface area (TPSA) is 93.5 Å². The van der Waals surface area contributed by atoms with E-state index in [-0.39, 0.29) is 5.91 Å². The van der Waals surface area contributed by atoms with Crippen LogP contribution in [0.3, 0.4) is 0 Å². The Bertz CT molecular complexity index is 2170. The van der Waals surface area contributed by atoms with Crippen LogP contribution >= 0.6 is 23.2 Å². The van der Waals surface area contributed by atoms with Gasteiger partial charge in [0.05, 0.1) is 54.0 Å². The molecule has 8 rings (SSSR count). The van der Waals surface area contributed by atoms with Crippen molar-refractivity contribution >= 4 is 57.0 Å². The first-order chi connectivity index (χ1) is 25.3. The van der Waals surface area contributed by atoms with Crippen molar-refractivity contribution in [3.05, 3.63) is 71.6 Å². The minimum atomic E-state index is -0.274. The third-order valence-electron chi connectivity index (χ3n) is 11.3. The average Bonchev–Trinajstić information content (AvgIpc) is 3.90. The Balaban J connectivity index is 1.17. The number of amides is 1. The van der Waals surface area contributed by atoms with Gasteiger partial charge >= 0.3 is 0 Å². The van der Waals surface area contributed by atoms with Crippen LogP contribution in [0.25, 0.3) is 38.9 Å². The minimum absolute atomic E-state index is 0.274. The lowest BCUT2D eigenvalue weighted by molar-refractivity contribution is -0.111. The van der Waals surface area contributed by atoms with E-state index in [1.165, 1.54) is 44.8 Å². The molecule has 1 aliphatic carbocycles. The Labute approximate surface area is 313 Å². The summed E-state index contributed by atoms with van der Waals surface area (Å²) in [6.45, 7) is 7.99. The average molecular weight is 742 g/mol. The Morgan fingerprint density at radius 2 is 1.56 bits per heavy atom. The summed E-state index contributed by atoms with van der Waals surface area (Å²) < 4.78 is 19.1. The lowest BCUT2D eigenvalue weighted by atomic mass is 9.71. The number of carbonyl (C=O) groups is 1. The lowest BCUT2D eigenvalue weighted by Gasteiger charge is -2.47. The number of nitrogens with zero attached hydrogens (tertiary/aromatic N) is 5. The van der Waals surface area contributed by atoms with E-state index >= 15 is 0 Å². The van der Waals surface area contributed by atoms with Gasteiger partial charge in [-0.2, -0.15) is 0 Å². The number of piperidine rings is 2. The fourth-order valence-corrected chi connectivity index (χ4v) is 8.86. The van der Waals surface area contributed by atoms with Gasteiger partial charge in [0, 0.05) is 71.9 Å². The van der Waals surface area contributed by atoms with Crippen molar-refractivity contribution < 1.29 is 19.0 Å². The molecule has 3 aromatic heterocycles. The molecule has 3 aliphatic rings. The Morgan fingerprint density at radius 1 is 0.885 bits per heavy atom. The van der Waals surface area contributed by atoms with Crippen LogP contribution in [0.2, 0.25) is 10.0 Å². The van der Waals surface area contributed by atoms with Crippen molar-refractivity contribution in [3.63, 3.8) is 0 Å². The molecule has 2 aliphatic heterocycles. The zero-order valence-corrected chi connectivity index (χ0v) is 31.2. The van der Waals surface area contributed by atoms with Gasteiger partial charge in [-0.25, -0.2) is 4.98 Å². The number of carbonyl (C=O) groups excluding carboxylic acids is 1. The number of anilines is 2. The number of halogens is 2. The molecule has 270 valence electrons. The number of imidazole rings is 1. The summed E-state index contributed by atoms with van der Waals surface area (Å²) >= 11 is 13.7. The summed E-state index contributed by atoms with van der Waals surface area (Å²) in [5, 5.41) is 4.62. The fraction of sp³-hybridized carbons (Fsp3) is 0.375. The van der Waals surface area contributed by atoms with Gasteiger partial charge in [0.2, 0.25) is 5.91 Å². The Kier molecular flexibility index (Phi) is 9.18. The SMILES string of the molecule is C=CC(=O)Nc1cc(-c2cc3c(cn2)cc(-c2c(Cl)c(OC)cc(OC)c2Cl)c2nccn23)c(OC)cc1N1CCC2(CC1)CCN(C1CC1)CC2. The van der Waals surface area contributed by atoms with E-state index in [2.05, 4.69) is 21.7 Å². The van der Waals surface area contributed by atoms with Crippen molar-refractivity contribution in [2.24, 2.45) is 5.41 Å². The molecule has 1 amide bonds. The van der Waals surface area contributed by atoms with E-state index in [4.69, 9.17) is 47.4 Å². The predicted octanol–water partition coefficient (Wildman–Crippen LogP) is 8.52. The number of rotatable bonds is 9. The van der Waals surface area contributed by atoms with Gasteiger partial charge in [0.25, 0.3) is 0 Å². The van der Waals surface area contributed by atoms with Crippen LogP contribution in [0.1, 0.15) is 38.5 Å². The highest BCUT2D eigenvalue weighted by Gasteiger charge is 2.41. The number of fused-ring (bicyclic) bond motifs is 3. The van der Waals surface area contributed by atoms with Crippen LogP contribution in [0.4, 0.5) is 11.4 Å². The summed E-state index contributed by atoms with van der Waals surface area (Å²) in [5.74, 6) is 1.26. The summed E-state index contributed by atoms with van der Waals surface area (Å²) in [6, 6.07) is 10.5. The third-order valence-corrected chi connectivity index (χ3v) is 12.1. The zero-order chi connectivity index (χ0) is 36.1. The van der Waals surface area contributed by atoms with E-state index in [1.807, 2.05) is 34.9 Å².